The number of rotatable bonds is 11. The van der Waals surface area contributed by atoms with Gasteiger partial charge in [-0.1, -0.05) is 13.8 Å². The number of hydrogen-bond donors (Lipinski definition) is 2. The lowest BCUT2D eigenvalue weighted by atomic mass is 10.1. The Morgan fingerprint density at radius 3 is 2.30 bits per heavy atom. The number of carboxylic acid groups (broad SMARTS) is 1. The van der Waals surface area contributed by atoms with Crippen LogP contribution in [0.4, 0.5) is 17.1 Å². The van der Waals surface area contributed by atoms with Gasteiger partial charge in [0.1, 0.15) is 0 Å². The van der Waals surface area contributed by atoms with Crippen LogP contribution < -0.4 is 15.5 Å². The summed E-state index contributed by atoms with van der Waals surface area (Å²) in [5, 5.41) is 8.67. The number of carbonyl (C=O) groups is 1. The van der Waals surface area contributed by atoms with Gasteiger partial charge < -0.3 is 20.6 Å². The number of aliphatic carboxylic acids is 1. The van der Waals surface area contributed by atoms with Gasteiger partial charge in [-0.25, -0.2) is 0 Å². The summed E-state index contributed by atoms with van der Waals surface area (Å²) in [6, 6.07) is 6.25. The second-order valence-corrected chi connectivity index (χ2v) is 6.00. The van der Waals surface area contributed by atoms with Crippen molar-refractivity contribution in [2.45, 2.75) is 46.0 Å². The molecule has 0 amide bonds. The minimum Gasteiger partial charge on any atom is -0.481 e. The summed E-state index contributed by atoms with van der Waals surface area (Å²) in [5.41, 5.74) is 9.21. The van der Waals surface area contributed by atoms with Crippen LogP contribution in [0.15, 0.2) is 18.2 Å². The molecule has 3 N–H and O–H groups in total. The monoisotopic (exact) mass is 321 g/mol. The molecule has 0 saturated heterocycles. The van der Waals surface area contributed by atoms with Crippen molar-refractivity contribution in [3.05, 3.63) is 18.2 Å². The van der Waals surface area contributed by atoms with Crippen molar-refractivity contribution in [1.29, 1.82) is 0 Å². The fraction of sp³-hybridized carbons (Fsp3) is 0.611. The Morgan fingerprint density at radius 1 is 1.13 bits per heavy atom. The van der Waals surface area contributed by atoms with Gasteiger partial charge in [-0.05, 0) is 43.9 Å². The highest BCUT2D eigenvalue weighted by atomic mass is 16.4. The van der Waals surface area contributed by atoms with E-state index in [0.717, 1.165) is 50.3 Å². The lowest BCUT2D eigenvalue weighted by molar-refractivity contribution is -0.137. The molecule has 0 bridgehead atoms. The number of carboxylic acids is 1. The first-order valence-electron chi connectivity index (χ1n) is 8.57. The molecule has 23 heavy (non-hydrogen) atoms. The van der Waals surface area contributed by atoms with Crippen LogP contribution in [0.1, 0.15) is 46.0 Å². The molecule has 0 saturated carbocycles. The van der Waals surface area contributed by atoms with Gasteiger partial charge >= 0.3 is 5.97 Å². The van der Waals surface area contributed by atoms with Gasteiger partial charge in [-0.3, -0.25) is 4.79 Å². The molecule has 0 heterocycles. The average Bonchev–Trinajstić information content (AvgIpc) is 2.51. The van der Waals surface area contributed by atoms with Crippen LogP contribution in [0.2, 0.25) is 0 Å². The maximum Gasteiger partial charge on any atom is 0.303 e. The zero-order valence-electron chi connectivity index (χ0n) is 14.7. The van der Waals surface area contributed by atoms with E-state index in [-0.39, 0.29) is 6.42 Å². The molecule has 0 fully saturated rings. The summed E-state index contributed by atoms with van der Waals surface area (Å²) >= 11 is 0. The quantitative estimate of drug-likeness (QED) is 0.481. The molecule has 1 rings (SSSR count). The SMILES string of the molecule is CCCN(CCC)c1ccc(N(C)CCCCC(=O)O)c(N)c1. The number of nitrogen functional groups attached to an aromatic ring is 1. The standard InChI is InChI=1S/C18H31N3O2/c1-4-11-21(12-5-2)15-9-10-17(16(19)14-15)20(3)13-7-6-8-18(22)23/h9-10,14H,4-8,11-13,19H2,1-3H3,(H,22,23). The third-order valence-corrected chi connectivity index (χ3v) is 3.91. The lowest BCUT2D eigenvalue weighted by Crippen LogP contribution is -2.25. The van der Waals surface area contributed by atoms with E-state index in [9.17, 15) is 4.79 Å². The maximum atomic E-state index is 10.5. The zero-order valence-corrected chi connectivity index (χ0v) is 14.7. The predicted octanol–water partition coefficient (Wildman–Crippen LogP) is 3.59. The van der Waals surface area contributed by atoms with Crippen molar-refractivity contribution in [2.75, 3.05) is 42.2 Å². The van der Waals surface area contributed by atoms with Crippen molar-refractivity contribution < 1.29 is 9.90 Å². The van der Waals surface area contributed by atoms with E-state index in [1.165, 1.54) is 5.69 Å². The predicted molar refractivity (Wildman–Crippen MR) is 98.4 cm³/mol. The fourth-order valence-corrected chi connectivity index (χ4v) is 2.74. The molecule has 1 aromatic rings. The van der Waals surface area contributed by atoms with Crippen LogP contribution in [0.5, 0.6) is 0 Å². The molecule has 0 atom stereocenters. The molecule has 0 aliphatic heterocycles. The van der Waals surface area contributed by atoms with Gasteiger partial charge in [0.25, 0.3) is 0 Å². The molecule has 0 unspecified atom stereocenters. The smallest absolute Gasteiger partial charge is 0.303 e. The summed E-state index contributed by atoms with van der Waals surface area (Å²) in [6.45, 7) is 7.26. The first-order chi connectivity index (χ1) is 11.0. The third kappa shape index (κ3) is 6.38. The first-order valence-corrected chi connectivity index (χ1v) is 8.57. The van der Waals surface area contributed by atoms with Crippen LogP contribution in [0.3, 0.4) is 0 Å². The van der Waals surface area contributed by atoms with Crippen LogP contribution in [0.25, 0.3) is 0 Å². The molecule has 5 heteroatoms. The Hall–Kier alpha value is -1.91. The van der Waals surface area contributed by atoms with Crippen LogP contribution in [-0.2, 0) is 4.79 Å². The molecular weight excluding hydrogens is 290 g/mol. The average molecular weight is 321 g/mol. The van der Waals surface area contributed by atoms with Crippen LogP contribution >= 0.6 is 0 Å². The Labute approximate surface area is 140 Å². The lowest BCUT2D eigenvalue weighted by Gasteiger charge is -2.26. The Kier molecular flexibility index (Phi) is 8.30. The topological polar surface area (TPSA) is 69.8 Å². The molecule has 0 radical (unpaired) electrons. The molecule has 1 aromatic carbocycles. The molecule has 0 aromatic heterocycles. The van der Waals surface area contributed by atoms with E-state index in [4.69, 9.17) is 10.8 Å². The Morgan fingerprint density at radius 2 is 1.78 bits per heavy atom. The molecule has 0 spiro atoms. The second kappa shape index (κ2) is 9.98. The Balaban J connectivity index is 2.68. The van der Waals surface area contributed by atoms with E-state index in [1.807, 2.05) is 7.05 Å². The second-order valence-electron chi connectivity index (χ2n) is 6.00. The highest BCUT2D eigenvalue weighted by Gasteiger charge is 2.10. The largest absolute Gasteiger partial charge is 0.481 e. The first kappa shape index (κ1) is 19.1. The number of benzene rings is 1. The number of nitrogens with two attached hydrogens (primary N) is 1. The van der Waals surface area contributed by atoms with E-state index in [2.05, 4.69) is 41.8 Å². The van der Waals surface area contributed by atoms with Gasteiger partial charge in [-0.15, -0.1) is 0 Å². The summed E-state index contributed by atoms with van der Waals surface area (Å²) in [6.07, 6.45) is 4.00. The van der Waals surface area contributed by atoms with Gasteiger partial charge in [0.05, 0.1) is 11.4 Å². The van der Waals surface area contributed by atoms with E-state index in [0.29, 0.717) is 6.42 Å². The minimum atomic E-state index is -0.733. The summed E-state index contributed by atoms with van der Waals surface area (Å²) in [7, 11) is 2.00. The minimum absolute atomic E-state index is 0.227. The molecule has 0 aliphatic carbocycles. The van der Waals surface area contributed by atoms with Gasteiger partial charge in [0.2, 0.25) is 0 Å². The zero-order chi connectivity index (χ0) is 17.2. The van der Waals surface area contributed by atoms with E-state index >= 15 is 0 Å². The van der Waals surface area contributed by atoms with Crippen molar-refractivity contribution in [2.24, 2.45) is 0 Å². The summed E-state index contributed by atoms with van der Waals surface area (Å²) in [5.74, 6) is -0.733. The summed E-state index contributed by atoms with van der Waals surface area (Å²) < 4.78 is 0. The van der Waals surface area contributed by atoms with Crippen molar-refractivity contribution in [3.63, 3.8) is 0 Å². The highest BCUT2D eigenvalue weighted by molar-refractivity contribution is 5.73. The van der Waals surface area contributed by atoms with Crippen molar-refractivity contribution in [1.82, 2.24) is 0 Å². The number of hydrogen-bond acceptors (Lipinski definition) is 4. The fourth-order valence-electron chi connectivity index (χ4n) is 2.74. The normalized spacial score (nSPS) is 10.6. The highest BCUT2D eigenvalue weighted by Crippen LogP contribution is 2.28. The molecular formula is C18H31N3O2. The van der Waals surface area contributed by atoms with Gasteiger partial charge in [-0.2, -0.15) is 0 Å². The van der Waals surface area contributed by atoms with Crippen molar-refractivity contribution >= 4 is 23.0 Å². The van der Waals surface area contributed by atoms with E-state index < -0.39 is 5.97 Å². The van der Waals surface area contributed by atoms with Crippen molar-refractivity contribution in [3.8, 4) is 0 Å². The molecule has 5 nitrogen and oxygen atoms in total. The number of nitrogens with zero attached hydrogens (tertiary/aromatic N) is 2. The number of unbranched alkanes of at least 4 members (excludes halogenated alkanes) is 1. The molecule has 0 aliphatic rings. The Bertz CT molecular complexity index is 485. The van der Waals surface area contributed by atoms with Crippen LogP contribution in [0, 0.1) is 0 Å². The van der Waals surface area contributed by atoms with Crippen LogP contribution in [-0.4, -0.2) is 37.8 Å². The molecule has 130 valence electrons. The number of anilines is 3. The summed E-state index contributed by atoms with van der Waals surface area (Å²) in [4.78, 5) is 15.0. The van der Waals surface area contributed by atoms with Gasteiger partial charge in [0.15, 0.2) is 0 Å². The van der Waals surface area contributed by atoms with E-state index in [1.54, 1.807) is 0 Å². The van der Waals surface area contributed by atoms with Gasteiger partial charge in [0, 0.05) is 38.8 Å². The third-order valence-electron chi connectivity index (χ3n) is 3.91. The maximum absolute atomic E-state index is 10.5.